The van der Waals surface area contributed by atoms with Gasteiger partial charge in [0, 0.05) is 22.9 Å². The Labute approximate surface area is 185 Å². The van der Waals surface area contributed by atoms with Crippen LogP contribution in [0.25, 0.3) is 0 Å². The molecule has 1 aromatic carbocycles. The molecule has 0 bridgehead atoms. The number of rotatable bonds is 2. The van der Waals surface area contributed by atoms with Crippen LogP contribution in [0, 0.1) is 5.82 Å². The average molecular weight is 424 g/mol. The van der Waals surface area contributed by atoms with Crippen LogP contribution in [-0.4, -0.2) is 58.0 Å². The Morgan fingerprint density at radius 1 is 1.07 bits per heavy atom. The quantitative estimate of drug-likeness (QED) is 0.737. The van der Waals surface area contributed by atoms with Crippen LogP contribution in [0.15, 0.2) is 12.1 Å². The van der Waals surface area contributed by atoms with E-state index in [0.717, 1.165) is 6.07 Å². The molecule has 4 amide bonds. The molecule has 0 aliphatic carbocycles. The van der Waals surface area contributed by atoms with Gasteiger partial charge in [0.1, 0.15) is 11.9 Å². The van der Waals surface area contributed by atoms with Crippen molar-refractivity contribution in [2.75, 3.05) is 13.0 Å². The molecule has 3 aliphatic rings. The highest BCUT2D eigenvalue weighted by molar-refractivity contribution is 6.23. The second kappa shape index (κ2) is 7.27. The van der Waals surface area contributed by atoms with Gasteiger partial charge in [-0.25, -0.2) is 4.39 Å². The second-order valence-corrected chi connectivity index (χ2v) is 8.32. The molecule has 7 nitrogen and oxygen atoms in total. The van der Waals surface area contributed by atoms with Crippen LogP contribution in [0.5, 0.6) is 0 Å². The molecule has 0 radical (unpaired) electrons. The lowest BCUT2D eigenvalue weighted by molar-refractivity contribution is -0.136. The molecule has 2 fully saturated rings. The van der Waals surface area contributed by atoms with Crippen molar-refractivity contribution in [3.8, 4) is 0 Å². The lowest BCUT2D eigenvalue weighted by Crippen LogP contribution is -2.54. The van der Waals surface area contributed by atoms with E-state index in [1.165, 1.54) is 20.8 Å². The maximum atomic E-state index is 15.6. The number of imide groups is 2. The molecule has 1 aromatic rings. The molecular weight excluding hydrogens is 389 g/mol. The van der Waals surface area contributed by atoms with Crippen molar-refractivity contribution in [3.63, 3.8) is 0 Å². The number of fused-ring (bicyclic) bond motifs is 1. The van der Waals surface area contributed by atoms with E-state index in [1.54, 1.807) is 0 Å². The van der Waals surface area contributed by atoms with Crippen LogP contribution >= 0.6 is 0 Å². The summed E-state index contributed by atoms with van der Waals surface area (Å²) in [6.07, 6.45) is -6.79. The normalized spacial score (nSPS) is 34.4. The first-order valence-corrected chi connectivity index (χ1v) is 9.45. The zero-order chi connectivity index (χ0) is 29.0. The smallest absolute Gasteiger partial charge is 0.262 e. The van der Waals surface area contributed by atoms with Gasteiger partial charge in [-0.15, -0.1) is 0 Å². The Morgan fingerprint density at radius 3 is 2.23 bits per heavy atom. The summed E-state index contributed by atoms with van der Waals surface area (Å²) >= 11 is 0. The van der Waals surface area contributed by atoms with Crippen LogP contribution < -0.4 is 5.32 Å². The molecule has 0 unspecified atom stereocenters. The number of carbonyl (C=O) groups excluding carboxylic acids is 4. The predicted octanol–water partition coefficient (Wildman–Crippen LogP) is 2.20. The summed E-state index contributed by atoms with van der Waals surface area (Å²) in [7, 11) is 0. The minimum absolute atomic E-state index is 0.152. The topological polar surface area (TPSA) is 86.8 Å². The monoisotopic (exact) mass is 423 g/mol. The van der Waals surface area contributed by atoms with Gasteiger partial charge in [-0.3, -0.25) is 34.3 Å². The number of nitrogens with zero attached hydrogens (tertiary/aromatic N) is 2. The summed E-state index contributed by atoms with van der Waals surface area (Å²) in [5.74, 6) is -7.32. The van der Waals surface area contributed by atoms with E-state index in [9.17, 15) is 19.2 Å². The number of amides is 4. The average Bonchev–Trinajstić information content (AvgIpc) is 2.95. The van der Waals surface area contributed by atoms with Gasteiger partial charge in [0.25, 0.3) is 11.8 Å². The van der Waals surface area contributed by atoms with Crippen LogP contribution in [0.3, 0.4) is 0 Å². The van der Waals surface area contributed by atoms with Gasteiger partial charge in [-0.05, 0) is 76.5 Å². The first kappa shape index (κ1) is 12.9. The molecular formula is C22H26FN3O4. The summed E-state index contributed by atoms with van der Waals surface area (Å²) in [6, 6.07) is -0.0389. The van der Waals surface area contributed by atoms with E-state index in [2.05, 4.69) is 0 Å². The van der Waals surface area contributed by atoms with E-state index < -0.39 is 89.4 Å². The second-order valence-electron chi connectivity index (χ2n) is 8.32. The van der Waals surface area contributed by atoms with Gasteiger partial charge in [-0.1, -0.05) is 0 Å². The van der Waals surface area contributed by atoms with Crippen molar-refractivity contribution in [2.45, 2.75) is 63.9 Å². The molecule has 4 rings (SSSR count). The number of hydrogen-bond donors (Lipinski definition) is 1. The van der Waals surface area contributed by atoms with Gasteiger partial charge in [0.05, 0.1) is 11.1 Å². The fourth-order valence-corrected chi connectivity index (χ4v) is 3.54. The minimum atomic E-state index is -3.24. The van der Waals surface area contributed by atoms with Crippen molar-refractivity contribution in [1.29, 1.82) is 0 Å². The first-order chi connectivity index (χ1) is 17.1. The zero-order valence-corrected chi connectivity index (χ0v) is 16.6. The predicted molar refractivity (Wildman–Crippen MR) is 106 cm³/mol. The van der Waals surface area contributed by atoms with Crippen LogP contribution in [0.2, 0.25) is 0 Å². The highest BCUT2D eigenvalue weighted by atomic mass is 19.1. The summed E-state index contributed by atoms with van der Waals surface area (Å²) in [4.78, 5) is 51.0. The number of benzene rings is 1. The van der Waals surface area contributed by atoms with Gasteiger partial charge in [0.15, 0.2) is 0 Å². The minimum Gasteiger partial charge on any atom is -0.298 e. The lowest BCUT2D eigenvalue weighted by atomic mass is 9.86. The Balaban J connectivity index is 1.87. The number of likely N-dealkylation sites (tertiary alicyclic amines) is 1. The van der Waals surface area contributed by atoms with E-state index in [1.807, 2.05) is 5.32 Å². The summed E-state index contributed by atoms with van der Waals surface area (Å²) < 4.78 is 84.2. The van der Waals surface area contributed by atoms with Crippen molar-refractivity contribution in [1.82, 2.24) is 15.1 Å². The number of carbonyl (C=O) groups is 4. The van der Waals surface area contributed by atoms with E-state index in [4.69, 9.17) is 11.0 Å². The standard InChI is InChI=1S/C22H26FN3O4/c1-22(2,3)25-8-6-12(7-9-25)13-10-14-15(11-16(13)23)21(30)26(20(14)29)17-4-5-18(27)24-19(17)28/h10-12,17H,4-9H2,1-3H3,(H,24,27,28)/t17-/m0/s1/i6D2,7D2,8D2,9D2. The SMILES string of the molecule is [2H]C1([2H])C(c2cc3c(cc2F)C(=O)N([C@H]2CCC(=O)NC2=O)C3=O)C([2H])([2H])C([2H])([2H])N(C(C)(C)C)C1([2H])[2H]. The highest BCUT2D eigenvalue weighted by Crippen LogP contribution is 2.36. The Hall–Kier alpha value is -2.61. The van der Waals surface area contributed by atoms with Crippen LogP contribution in [-0.2, 0) is 9.59 Å². The molecule has 0 spiro atoms. The summed E-state index contributed by atoms with van der Waals surface area (Å²) in [6.45, 7) is -2.15. The molecule has 3 heterocycles. The molecule has 160 valence electrons. The van der Waals surface area contributed by atoms with E-state index >= 15 is 4.39 Å². The molecule has 0 aromatic heterocycles. The Morgan fingerprint density at radius 2 is 1.67 bits per heavy atom. The molecule has 3 aliphatic heterocycles. The molecule has 8 heteroatoms. The Bertz CT molecular complexity index is 1250. The maximum Gasteiger partial charge on any atom is 0.262 e. The number of nitrogens with one attached hydrogen (secondary N) is 1. The fourth-order valence-electron chi connectivity index (χ4n) is 3.54. The lowest BCUT2D eigenvalue weighted by Gasteiger charge is -2.41. The van der Waals surface area contributed by atoms with Crippen molar-refractivity contribution in [3.05, 3.63) is 34.6 Å². The third-order valence-electron chi connectivity index (χ3n) is 5.18. The summed E-state index contributed by atoms with van der Waals surface area (Å²) in [5.41, 5.74) is -3.17. The maximum absolute atomic E-state index is 15.6. The Kier molecular flexibility index (Phi) is 3.13. The van der Waals surface area contributed by atoms with Gasteiger partial charge < -0.3 is 0 Å². The van der Waals surface area contributed by atoms with Gasteiger partial charge in [0.2, 0.25) is 11.8 Å². The fraction of sp³-hybridized carbons (Fsp3) is 0.545. The highest BCUT2D eigenvalue weighted by Gasteiger charge is 2.45. The van der Waals surface area contributed by atoms with Gasteiger partial charge in [-0.2, -0.15) is 0 Å². The zero-order valence-electron chi connectivity index (χ0n) is 24.6. The van der Waals surface area contributed by atoms with Crippen molar-refractivity contribution >= 4 is 23.6 Å². The number of hydrogen-bond acceptors (Lipinski definition) is 5. The first-order valence-electron chi connectivity index (χ1n) is 13.5. The summed E-state index contributed by atoms with van der Waals surface area (Å²) in [5, 5.41) is 2.02. The van der Waals surface area contributed by atoms with Crippen molar-refractivity contribution < 1.29 is 34.5 Å². The van der Waals surface area contributed by atoms with E-state index in [-0.39, 0.29) is 12.8 Å². The third-order valence-corrected chi connectivity index (χ3v) is 5.18. The number of halogens is 1. The van der Waals surface area contributed by atoms with Gasteiger partial charge >= 0.3 is 0 Å². The van der Waals surface area contributed by atoms with Crippen LogP contribution in [0.1, 0.15) is 89.5 Å². The van der Waals surface area contributed by atoms with E-state index in [0.29, 0.717) is 15.9 Å². The van der Waals surface area contributed by atoms with Crippen molar-refractivity contribution in [2.24, 2.45) is 0 Å². The van der Waals surface area contributed by atoms with Crippen LogP contribution in [0.4, 0.5) is 4.39 Å². The largest absolute Gasteiger partial charge is 0.298 e. The molecule has 0 saturated carbocycles. The molecule has 2 saturated heterocycles. The number of piperidine rings is 2. The third kappa shape index (κ3) is 3.43. The molecule has 30 heavy (non-hydrogen) atoms. The molecule has 1 atom stereocenters. The molecule has 1 N–H and O–H groups in total.